The largest absolute Gasteiger partial charge is 0.496 e. The molecule has 0 unspecified atom stereocenters. The normalized spacial score (nSPS) is 15.2. The number of nitrogens with one attached hydrogen (secondary N) is 1. The van der Waals surface area contributed by atoms with E-state index in [4.69, 9.17) is 14.2 Å². The lowest BCUT2D eigenvalue weighted by molar-refractivity contribution is 0.0597. The third-order valence-electron chi connectivity index (χ3n) is 4.31. The number of hydrogen-bond acceptors (Lipinski definition) is 5. The highest BCUT2D eigenvalue weighted by Crippen LogP contribution is 2.25. The third kappa shape index (κ3) is 5.43. The summed E-state index contributed by atoms with van der Waals surface area (Å²) in [6.45, 7) is 3.01. The molecule has 1 saturated heterocycles. The molecule has 1 heterocycles. The van der Waals surface area contributed by atoms with Crippen LogP contribution in [0.25, 0.3) is 0 Å². The lowest BCUT2D eigenvalue weighted by Crippen LogP contribution is -2.27. The van der Waals surface area contributed by atoms with E-state index in [1.54, 1.807) is 18.2 Å². The fourth-order valence-corrected chi connectivity index (χ4v) is 2.94. The average Bonchev–Trinajstić information content (AvgIpc) is 2.61. The molecule has 1 aliphatic rings. The molecule has 0 amide bonds. The molecule has 0 bridgehead atoms. The van der Waals surface area contributed by atoms with Gasteiger partial charge in [0, 0.05) is 6.07 Å². The Hall–Kier alpha value is -1.75. The first kappa shape index (κ1) is 17.6. The Bertz CT molecular complexity index is 498. The third-order valence-corrected chi connectivity index (χ3v) is 4.31. The molecule has 1 fully saturated rings. The monoisotopic (exact) mass is 321 g/mol. The van der Waals surface area contributed by atoms with Gasteiger partial charge >= 0.3 is 5.97 Å². The van der Waals surface area contributed by atoms with E-state index < -0.39 is 5.97 Å². The van der Waals surface area contributed by atoms with Gasteiger partial charge in [0.1, 0.15) is 17.1 Å². The van der Waals surface area contributed by atoms with Crippen molar-refractivity contribution in [3.63, 3.8) is 0 Å². The molecule has 0 spiro atoms. The molecule has 5 heteroatoms. The molecule has 0 aliphatic carbocycles. The Balaban J connectivity index is 1.73. The Morgan fingerprint density at radius 1 is 1.22 bits per heavy atom. The maximum absolute atomic E-state index is 11.6. The number of methoxy groups -OCH3 is 2. The minimum absolute atomic E-state index is 0.407. The van der Waals surface area contributed by atoms with Gasteiger partial charge in [0.2, 0.25) is 0 Å². The molecule has 1 aliphatic heterocycles. The second kappa shape index (κ2) is 9.40. The van der Waals surface area contributed by atoms with E-state index in [9.17, 15) is 4.79 Å². The maximum Gasteiger partial charge on any atom is 0.341 e. The average molecular weight is 321 g/mol. The number of esters is 1. The minimum atomic E-state index is -0.407. The first-order valence-electron chi connectivity index (χ1n) is 8.34. The second-order valence-corrected chi connectivity index (χ2v) is 5.89. The molecule has 2 rings (SSSR count). The maximum atomic E-state index is 11.6. The zero-order valence-electron chi connectivity index (χ0n) is 14.1. The van der Waals surface area contributed by atoms with Gasteiger partial charge in [0.15, 0.2) is 0 Å². The number of carbonyl (C=O) groups excluding carboxylic acids is 1. The van der Waals surface area contributed by atoms with Crippen LogP contribution in [0.1, 0.15) is 42.5 Å². The van der Waals surface area contributed by atoms with Crippen molar-refractivity contribution in [2.24, 2.45) is 5.92 Å². The molecule has 0 radical (unpaired) electrons. The van der Waals surface area contributed by atoms with Gasteiger partial charge < -0.3 is 19.5 Å². The van der Waals surface area contributed by atoms with Crippen LogP contribution in [0, 0.1) is 5.92 Å². The predicted octanol–water partition coefficient (Wildman–Crippen LogP) is 3.03. The summed E-state index contributed by atoms with van der Waals surface area (Å²) >= 11 is 0. The summed E-state index contributed by atoms with van der Waals surface area (Å²) in [5.74, 6) is 1.66. The molecule has 0 saturated carbocycles. The number of piperidine rings is 1. The second-order valence-electron chi connectivity index (χ2n) is 5.89. The molecule has 5 nitrogen and oxygen atoms in total. The summed E-state index contributed by atoms with van der Waals surface area (Å²) in [5.41, 5.74) is 0.410. The van der Waals surface area contributed by atoms with Gasteiger partial charge in [-0.15, -0.1) is 0 Å². The van der Waals surface area contributed by atoms with Crippen LogP contribution in [0.2, 0.25) is 0 Å². The fraction of sp³-hybridized carbons (Fsp3) is 0.611. The minimum Gasteiger partial charge on any atom is -0.496 e. The fourth-order valence-electron chi connectivity index (χ4n) is 2.94. The van der Waals surface area contributed by atoms with E-state index in [1.807, 2.05) is 0 Å². The highest BCUT2D eigenvalue weighted by molar-refractivity contribution is 5.92. The van der Waals surface area contributed by atoms with Crippen LogP contribution in [0.15, 0.2) is 18.2 Å². The van der Waals surface area contributed by atoms with Gasteiger partial charge in [-0.1, -0.05) is 6.42 Å². The molecule has 0 aromatic heterocycles. The van der Waals surface area contributed by atoms with Crippen LogP contribution in [0.5, 0.6) is 11.5 Å². The summed E-state index contributed by atoms with van der Waals surface area (Å²) in [5, 5.41) is 3.40. The first-order chi connectivity index (χ1) is 11.2. The summed E-state index contributed by atoms with van der Waals surface area (Å²) in [6.07, 6.45) is 6.13. The lowest BCUT2D eigenvalue weighted by atomic mass is 9.93. The standard InChI is InChI=1S/C18H27NO4/c1-21-17-13-15(6-7-16(17)18(20)22-2)23-12-4-3-5-14-8-10-19-11-9-14/h6-7,13-14,19H,3-5,8-12H2,1-2H3. The van der Waals surface area contributed by atoms with E-state index >= 15 is 0 Å². The van der Waals surface area contributed by atoms with Crippen molar-refractivity contribution in [3.05, 3.63) is 23.8 Å². The molecule has 1 aromatic carbocycles. The van der Waals surface area contributed by atoms with Crippen LogP contribution in [-0.4, -0.2) is 39.9 Å². The Morgan fingerprint density at radius 2 is 2.00 bits per heavy atom. The molecular formula is C18H27NO4. The van der Waals surface area contributed by atoms with Crippen molar-refractivity contribution < 1.29 is 19.0 Å². The van der Waals surface area contributed by atoms with Gasteiger partial charge in [-0.05, 0) is 56.8 Å². The molecule has 1 aromatic rings. The number of unbranched alkanes of at least 4 members (excludes halogenated alkanes) is 1. The van der Waals surface area contributed by atoms with Crippen LogP contribution in [-0.2, 0) is 4.74 Å². The van der Waals surface area contributed by atoms with Gasteiger partial charge in [-0.25, -0.2) is 4.79 Å². The van der Waals surface area contributed by atoms with E-state index in [2.05, 4.69) is 5.32 Å². The summed E-state index contributed by atoms with van der Waals surface area (Å²) < 4.78 is 15.7. The molecule has 1 N–H and O–H groups in total. The van der Waals surface area contributed by atoms with Crippen LogP contribution in [0.3, 0.4) is 0 Å². The number of hydrogen-bond donors (Lipinski definition) is 1. The van der Waals surface area contributed by atoms with Crippen molar-refractivity contribution in [3.8, 4) is 11.5 Å². The predicted molar refractivity (Wildman–Crippen MR) is 89.3 cm³/mol. The van der Waals surface area contributed by atoms with E-state index in [0.717, 1.165) is 31.2 Å². The van der Waals surface area contributed by atoms with Crippen molar-refractivity contribution >= 4 is 5.97 Å². The molecule has 23 heavy (non-hydrogen) atoms. The topological polar surface area (TPSA) is 56.8 Å². The quantitative estimate of drug-likeness (QED) is 0.589. The molecule has 128 valence electrons. The number of rotatable bonds is 8. The number of benzene rings is 1. The smallest absolute Gasteiger partial charge is 0.341 e. The summed E-state index contributed by atoms with van der Waals surface area (Å²) in [7, 11) is 2.89. The van der Waals surface area contributed by atoms with E-state index in [0.29, 0.717) is 17.9 Å². The Labute approximate surface area is 138 Å². The molecular weight excluding hydrogens is 294 g/mol. The Kier molecular flexibility index (Phi) is 7.20. The van der Waals surface area contributed by atoms with E-state index in [1.165, 1.54) is 39.9 Å². The molecule has 0 atom stereocenters. The van der Waals surface area contributed by atoms with Crippen LogP contribution in [0.4, 0.5) is 0 Å². The lowest BCUT2D eigenvalue weighted by Gasteiger charge is -2.22. The van der Waals surface area contributed by atoms with E-state index in [-0.39, 0.29) is 0 Å². The Morgan fingerprint density at radius 3 is 2.70 bits per heavy atom. The zero-order chi connectivity index (χ0) is 16.5. The van der Waals surface area contributed by atoms with Crippen molar-refractivity contribution in [1.82, 2.24) is 5.32 Å². The van der Waals surface area contributed by atoms with Crippen LogP contribution < -0.4 is 14.8 Å². The highest BCUT2D eigenvalue weighted by Gasteiger charge is 2.14. The SMILES string of the molecule is COC(=O)c1ccc(OCCCCC2CCNCC2)cc1OC. The number of carbonyl (C=O) groups is 1. The van der Waals surface area contributed by atoms with Gasteiger partial charge in [-0.3, -0.25) is 0 Å². The van der Waals surface area contributed by atoms with Gasteiger partial charge in [-0.2, -0.15) is 0 Å². The summed E-state index contributed by atoms with van der Waals surface area (Å²) in [6, 6.07) is 5.19. The first-order valence-corrected chi connectivity index (χ1v) is 8.34. The summed E-state index contributed by atoms with van der Waals surface area (Å²) in [4.78, 5) is 11.6. The van der Waals surface area contributed by atoms with Gasteiger partial charge in [0.05, 0.1) is 20.8 Å². The van der Waals surface area contributed by atoms with Crippen molar-refractivity contribution in [1.29, 1.82) is 0 Å². The van der Waals surface area contributed by atoms with Crippen LogP contribution >= 0.6 is 0 Å². The zero-order valence-corrected chi connectivity index (χ0v) is 14.1. The van der Waals surface area contributed by atoms with Gasteiger partial charge in [0.25, 0.3) is 0 Å². The number of ether oxygens (including phenoxy) is 3. The highest BCUT2D eigenvalue weighted by atomic mass is 16.5. The van der Waals surface area contributed by atoms with Crippen molar-refractivity contribution in [2.75, 3.05) is 33.9 Å². The van der Waals surface area contributed by atoms with Crippen molar-refractivity contribution in [2.45, 2.75) is 32.1 Å².